The molecule has 2 N–H and O–H groups in total. The first-order chi connectivity index (χ1) is 9.72. The van der Waals surface area contributed by atoms with Crippen molar-refractivity contribution in [2.45, 2.75) is 25.7 Å². The van der Waals surface area contributed by atoms with Gasteiger partial charge in [0, 0.05) is 23.3 Å². The van der Waals surface area contributed by atoms with E-state index in [1.54, 1.807) is 4.40 Å². The van der Waals surface area contributed by atoms with Gasteiger partial charge in [-0.25, -0.2) is 4.98 Å². The molecule has 0 bridgehead atoms. The van der Waals surface area contributed by atoms with E-state index in [1.165, 1.54) is 22.4 Å². The van der Waals surface area contributed by atoms with Gasteiger partial charge in [-0.3, -0.25) is 14.0 Å². The maximum absolute atomic E-state index is 12.5. The number of aliphatic hydroxyl groups is 1. The third-order valence-corrected chi connectivity index (χ3v) is 4.60. The highest BCUT2D eigenvalue weighted by Gasteiger charge is 2.21. The second-order valence-electron chi connectivity index (χ2n) is 4.75. The normalized spacial score (nSPS) is 14.2. The van der Waals surface area contributed by atoms with Crippen LogP contribution in [0.4, 0.5) is 0 Å². The predicted molar refractivity (Wildman–Crippen MR) is 75.4 cm³/mol. The van der Waals surface area contributed by atoms with E-state index in [-0.39, 0.29) is 24.3 Å². The molecule has 0 radical (unpaired) electrons. The Bertz CT molecular complexity index is 719. The Kier molecular flexibility index (Phi) is 3.54. The van der Waals surface area contributed by atoms with Gasteiger partial charge >= 0.3 is 0 Å². The second kappa shape index (κ2) is 5.34. The van der Waals surface area contributed by atoms with Gasteiger partial charge in [0.2, 0.25) is 0 Å². The van der Waals surface area contributed by atoms with E-state index in [0.29, 0.717) is 4.96 Å². The van der Waals surface area contributed by atoms with E-state index in [9.17, 15) is 9.59 Å². The topological polar surface area (TPSA) is 83.7 Å². The molecule has 0 spiro atoms. The first-order valence-corrected chi connectivity index (χ1v) is 7.45. The van der Waals surface area contributed by atoms with Gasteiger partial charge in [0.25, 0.3) is 11.5 Å². The SMILES string of the molecule is O=C(NCCO)c1cnc2sc3c(n2c1=O)CCCC3. The van der Waals surface area contributed by atoms with Crippen molar-refractivity contribution in [3.05, 3.63) is 32.7 Å². The van der Waals surface area contributed by atoms with Crippen molar-refractivity contribution in [1.29, 1.82) is 0 Å². The van der Waals surface area contributed by atoms with Crippen LogP contribution in [0.5, 0.6) is 0 Å². The van der Waals surface area contributed by atoms with Crippen LogP contribution < -0.4 is 10.9 Å². The van der Waals surface area contributed by atoms with Gasteiger partial charge in [-0.1, -0.05) is 0 Å². The zero-order valence-corrected chi connectivity index (χ0v) is 11.7. The minimum absolute atomic E-state index is 0.0297. The first kappa shape index (κ1) is 13.3. The molecular formula is C13H15N3O3S. The van der Waals surface area contributed by atoms with E-state index < -0.39 is 5.91 Å². The average molecular weight is 293 g/mol. The fraction of sp³-hybridized carbons (Fsp3) is 0.462. The lowest BCUT2D eigenvalue weighted by Gasteiger charge is -2.10. The Labute approximate surface area is 119 Å². The van der Waals surface area contributed by atoms with Crippen LogP contribution in [0, 0.1) is 0 Å². The molecule has 1 aliphatic carbocycles. The molecule has 0 saturated heterocycles. The highest BCUT2D eigenvalue weighted by Crippen LogP contribution is 2.27. The molecule has 3 rings (SSSR count). The molecule has 0 aliphatic heterocycles. The zero-order chi connectivity index (χ0) is 14.1. The van der Waals surface area contributed by atoms with Crippen molar-refractivity contribution in [3.63, 3.8) is 0 Å². The average Bonchev–Trinajstić information content (AvgIpc) is 2.84. The van der Waals surface area contributed by atoms with Gasteiger partial charge in [-0.05, 0) is 25.7 Å². The Hall–Kier alpha value is -1.73. The van der Waals surface area contributed by atoms with Gasteiger partial charge in [0.1, 0.15) is 5.56 Å². The molecule has 20 heavy (non-hydrogen) atoms. The highest BCUT2D eigenvalue weighted by atomic mass is 32.1. The van der Waals surface area contributed by atoms with Crippen LogP contribution in [0.3, 0.4) is 0 Å². The number of nitrogens with zero attached hydrogens (tertiary/aromatic N) is 2. The van der Waals surface area contributed by atoms with Gasteiger partial charge in [0.05, 0.1) is 6.61 Å². The van der Waals surface area contributed by atoms with Crippen LogP contribution in [-0.4, -0.2) is 33.6 Å². The van der Waals surface area contributed by atoms with Gasteiger partial charge in [-0.15, -0.1) is 11.3 Å². The fourth-order valence-corrected chi connectivity index (χ4v) is 3.66. The molecule has 0 saturated carbocycles. The number of rotatable bonds is 3. The number of nitrogens with one attached hydrogen (secondary N) is 1. The van der Waals surface area contributed by atoms with Crippen molar-refractivity contribution in [2.75, 3.05) is 13.2 Å². The van der Waals surface area contributed by atoms with E-state index in [1.807, 2.05) is 0 Å². The van der Waals surface area contributed by atoms with Crippen LogP contribution in [0.2, 0.25) is 0 Å². The van der Waals surface area contributed by atoms with Crippen molar-refractivity contribution in [2.24, 2.45) is 0 Å². The van der Waals surface area contributed by atoms with Crippen LogP contribution in [0.25, 0.3) is 4.96 Å². The molecule has 0 fully saturated rings. The summed E-state index contributed by atoms with van der Waals surface area (Å²) in [7, 11) is 0. The van der Waals surface area contributed by atoms with Gasteiger partial charge in [0.15, 0.2) is 4.96 Å². The molecule has 2 heterocycles. The Morgan fingerprint density at radius 3 is 3.05 bits per heavy atom. The molecule has 0 aromatic carbocycles. The maximum atomic E-state index is 12.5. The summed E-state index contributed by atoms with van der Waals surface area (Å²) in [4.78, 5) is 30.4. The number of aryl methyl sites for hydroxylation is 2. The smallest absolute Gasteiger partial charge is 0.271 e. The lowest BCUT2D eigenvalue weighted by atomic mass is 10.0. The Morgan fingerprint density at radius 2 is 2.25 bits per heavy atom. The summed E-state index contributed by atoms with van der Waals surface area (Å²) in [5.74, 6) is -0.485. The van der Waals surface area contributed by atoms with E-state index >= 15 is 0 Å². The summed E-state index contributed by atoms with van der Waals surface area (Å²) in [6.45, 7) is -0.0285. The number of amides is 1. The number of hydrogen-bond acceptors (Lipinski definition) is 5. The summed E-state index contributed by atoms with van der Waals surface area (Å²) in [6, 6.07) is 0. The molecule has 0 atom stereocenters. The first-order valence-electron chi connectivity index (χ1n) is 6.63. The summed E-state index contributed by atoms with van der Waals surface area (Å²) in [5, 5.41) is 11.2. The van der Waals surface area contributed by atoms with Crippen LogP contribution in [0.1, 0.15) is 33.8 Å². The van der Waals surface area contributed by atoms with Crippen molar-refractivity contribution >= 4 is 22.2 Å². The molecular weight excluding hydrogens is 278 g/mol. The Morgan fingerprint density at radius 1 is 1.45 bits per heavy atom. The zero-order valence-electron chi connectivity index (χ0n) is 10.9. The largest absolute Gasteiger partial charge is 0.395 e. The molecule has 6 nitrogen and oxygen atoms in total. The molecule has 0 unspecified atom stereocenters. The number of carbonyl (C=O) groups is 1. The number of aromatic nitrogens is 2. The quantitative estimate of drug-likeness (QED) is 0.855. The van der Waals surface area contributed by atoms with Crippen molar-refractivity contribution < 1.29 is 9.90 Å². The molecule has 7 heteroatoms. The minimum atomic E-state index is -0.485. The van der Waals surface area contributed by atoms with E-state index in [4.69, 9.17) is 5.11 Å². The lowest BCUT2D eigenvalue weighted by molar-refractivity contribution is 0.0942. The lowest BCUT2D eigenvalue weighted by Crippen LogP contribution is -2.33. The molecule has 1 amide bonds. The summed E-state index contributed by atoms with van der Waals surface area (Å²) < 4.78 is 1.58. The van der Waals surface area contributed by atoms with Crippen molar-refractivity contribution in [1.82, 2.24) is 14.7 Å². The molecule has 1 aliphatic rings. The summed E-state index contributed by atoms with van der Waals surface area (Å²) in [6.07, 6.45) is 5.37. The number of fused-ring (bicyclic) bond motifs is 3. The Balaban J connectivity index is 2.10. The maximum Gasteiger partial charge on any atom is 0.271 e. The van der Waals surface area contributed by atoms with Gasteiger partial charge in [-0.2, -0.15) is 0 Å². The fourth-order valence-electron chi connectivity index (χ4n) is 2.49. The summed E-state index contributed by atoms with van der Waals surface area (Å²) >= 11 is 1.53. The standard InChI is InChI=1S/C13H15N3O3S/c17-6-5-14-11(18)8-7-15-13-16(12(8)19)9-3-1-2-4-10(9)20-13/h7,17H,1-6H2,(H,14,18). The molecule has 2 aromatic heterocycles. The monoisotopic (exact) mass is 293 g/mol. The van der Waals surface area contributed by atoms with E-state index in [2.05, 4.69) is 10.3 Å². The molecule has 2 aromatic rings. The van der Waals surface area contributed by atoms with Crippen LogP contribution in [-0.2, 0) is 12.8 Å². The number of hydrogen-bond donors (Lipinski definition) is 2. The predicted octanol–water partition coefficient (Wildman–Crippen LogP) is 0.357. The number of aliphatic hydroxyl groups excluding tert-OH is 1. The molecule has 106 valence electrons. The highest BCUT2D eigenvalue weighted by molar-refractivity contribution is 7.17. The van der Waals surface area contributed by atoms with Crippen LogP contribution >= 0.6 is 11.3 Å². The minimum Gasteiger partial charge on any atom is -0.395 e. The number of carbonyl (C=O) groups excluding carboxylic acids is 1. The van der Waals surface area contributed by atoms with Crippen LogP contribution in [0.15, 0.2) is 11.0 Å². The third-order valence-electron chi connectivity index (χ3n) is 3.44. The van der Waals surface area contributed by atoms with E-state index in [0.717, 1.165) is 31.4 Å². The second-order valence-corrected chi connectivity index (χ2v) is 5.82. The third kappa shape index (κ3) is 2.12. The van der Waals surface area contributed by atoms with Crippen molar-refractivity contribution in [3.8, 4) is 0 Å². The summed E-state index contributed by atoms with van der Waals surface area (Å²) in [5.41, 5.74) is 0.720. The van der Waals surface area contributed by atoms with Gasteiger partial charge < -0.3 is 10.4 Å². The number of thiazole rings is 1.